The molecule has 0 fully saturated rings. The molecule has 0 aromatic heterocycles. The lowest BCUT2D eigenvalue weighted by molar-refractivity contribution is -0.123. The average molecular weight is 289 g/mol. The van der Waals surface area contributed by atoms with Gasteiger partial charge in [0.15, 0.2) is 0 Å². The van der Waals surface area contributed by atoms with Gasteiger partial charge >= 0.3 is 0 Å². The molecule has 0 bridgehead atoms. The molecule has 0 unspecified atom stereocenters. The van der Waals surface area contributed by atoms with E-state index >= 15 is 0 Å². The van der Waals surface area contributed by atoms with Gasteiger partial charge in [0.25, 0.3) is 6.47 Å². The number of rotatable bonds is 6. The quantitative estimate of drug-likeness (QED) is 0.597. The highest BCUT2D eigenvalue weighted by atomic mass is 35.5. The van der Waals surface area contributed by atoms with Crippen molar-refractivity contribution in [2.45, 2.75) is 0 Å². The fourth-order valence-electron chi connectivity index (χ4n) is 1.64. The predicted molar refractivity (Wildman–Crippen MR) is 78.5 cm³/mol. The van der Waals surface area contributed by atoms with Crippen LogP contribution < -0.4 is 4.74 Å². The van der Waals surface area contributed by atoms with E-state index in [1.165, 1.54) is 6.26 Å². The fourth-order valence-corrected chi connectivity index (χ4v) is 1.77. The normalized spacial score (nSPS) is 10.9. The van der Waals surface area contributed by atoms with Crippen molar-refractivity contribution in [2.75, 3.05) is 6.61 Å². The molecule has 0 saturated carbocycles. The third kappa shape index (κ3) is 4.14. The molecule has 0 aliphatic rings. The van der Waals surface area contributed by atoms with E-state index in [0.29, 0.717) is 23.9 Å². The molecule has 0 heterocycles. The number of benzene rings is 2. The summed E-state index contributed by atoms with van der Waals surface area (Å²) in [5.41, 5.74) is 1.70. The number of carbonyl (C=O) groups is 1. The SMILES string of the molecule is O=CO/C=C(\COc1ccc(Cl)cc1)c1ccccc1. The first-order chi connectivity index (χ1) is 9.79. The maximum atomic E-state index is 10.3. The van der Waals surface area contributed by atoms with Crippen LogP contribution in [-0.4, -0.2) is 13.1 Å². The van der Waals surface area contributed by atoms with Crippen LogP contribution in [0.15, 0.2) is 60.9 Å². The van der Waals surface area contributed by atoms with E-state index in [9.17, 15) is 4.79 Å². The van der Waals surface area contributed by atoms with E-state index in [1.807, 2.05) is 30.3 Å². The molecule has 0 aliphatic heterocycles. The minimum absolute atomic E-state index is 0.291. The summed E-state index contributed by atoms with van der Waals surface area (Å²) in [6, 6.07) is 16.7. The Bertz CT molecular complexity index is 576. The summed E-state index contributed by atoms with van der Waals surface area (Å²) in [6.45, 7) is 0.671. The minimum atomic E-state index is 0.291. The number of hydrogen-bond donors (Lipinski definition) is 0. The Morgan fingerprint density at radius 1 is 1.05 bits per heavy atom. The number of carbonyl (C=O) groups excluding carboxylic acids is 1. The Morgan fingerprint density at radius 3 is 2.40 bits per heavy atom. The zero-order valence-electron chi connectivity index (χ0n) is 10.7. The third-order valence-corrected chi connectivity index (χ3v) is 2.87. The summed E-state index contributed by atoms with van der Waals surface area (Å²) in [6.07, 6.45) is 1.39. The number of halogens is 1. The molecule has 0 atom stereocenters. The summed E-state index contributed by atoms with van der Waals surface area (Å²) in [4.78, 5) is 10.3. The van der Waals surface area contributed by atoms with Gasteiger partial charge in [-0.3, -0.25) is 4.79 Å². The molecule has 0 N–H and O–H groups in total. The molecule has 0 saturated heterocycles. The second-order valence-electron chi connectivity index (χ2n) is 3.98. The van der Waals surface area contributed by atoms with Gasteiger partial charge in [-0.05, 0) is 29.8 Å². The van der Waals surface area contributed by atoms with Crippen molar-refractivity contribution in [2.24, 2.45) is 0 Å². The van der Waals surface area contributed by atoms with Crippen LogP contribution in [0.2, 0.25) is 5.02 Å². The van der Waals surface area contributed by atoms with Gasteiger partial charge in [-0.15, -0.1) is 0 Å². The Hall–Kier alpha value is -2.26. The number of hydrogen-bond acceptors (Lipinski definition) is 3. The van der Waals surface area contributed by atoms with E-state index in [4.69, 9.17) is 21.1 Å². The number of ether oxygens (including phenoxy) is 2. The smallest absolute Gasteiger partial charge is 0.297 e. The van der Waals surface area contributed by atoms with Crippen LogP contribution in [0.25, 0.3) is 5.57 Å². The van der Waals surface area contributed by atoms with Crippen LogP contribution >= 0.6 is 11.6 Å². The Kier molecular flexibility index (Phi) is 5.21. The maximum Gasteiger partial charge on any atom is 0.297 e. The Morgan fingerprint density at radius 2 is 1.75 bits per heavy atom. The van der Waals surface area contributed by atoms with Crippen LogP contribution in [0, 0.1) is 0 Å². The molecule has 0 amide bonds. The first-order valence-electron chi connectivity index (χ1n) is 6.01. The van der Waals surface area contributed by atoms with Gasteiger partial charge in [0.05, 0.1) is 0 Å². The predicted octanol–water partition coefficient (Wildman–Crippen LogP) is 3.93. The second-order valence-corrected chi connectivity index (χ2v) is 4.42. The lowest BCUT2D eigenvalue weighted by atomic mass is 10.1. The first-order valence-corrected chi connectivity index (χ1v) is 6.39. The van der Waals surface area contributed by atoms with Gasteiger partial charge in [0, 0.05) is 10.6 Å². The molecule has 3 nitrogen and oxygen atoms in total. The van der Waals surface area contributed by atoms with Crippen molar-refractivity contribution in [1.82, 2.24) is 0 Å². The molecule has 2 rings (SSSR count). The summed E-state index contributed by atoms with van der Waals surface area (Å²) >= 11 is 5.81. The maximum absolute atomic E-state index is 10.3. The standard InChI is InChI=1S/C16H13ClO3/c17-15-6-8-16(9-7-15)20-11-14(10-19-12-18)13-4-2-1-3-5-13/h1-10,12H,11H2/b14-10+. The Balaban J connectivity index is 2.09. The van der Waals surface area contributed by atoms with Gasteiger partial charge in [0.1, 0.15) is 18.6 Å². The topological polar surface area (TPSA) is 35.5 Å². The first kappa shape index (κ1) is 14.2. The second kappa shape index (κ2) is 7.36. The lowest BCUT2D eigenvalue weighted by Crippen LogP contribution is -2.01. The van der Waals surface area contributed by atoms with Crippen molar-refractivity contribution in [3.63, 3.8) is 0 Å². The van der Waals surface area contributed by atoms with Crippen LogP contribution in [0.3, 0.4) is 0 Å². The van der Waals surface area contributed by atoms with Crippen molar-refractivity contribution in [1.29, 1.82) is 0 Å². The highest BCUT2D eigenvalue weighted by Crippen LogP contribution is 2.19. The molecular weight excluding hydrogens is 276 g/mol. The highest BCUT2D eigenvalue weighted by Gasteiger charge is 2.03. The summed E-state index contributed by atoms with van der Waals surface area (Å²) in [5.74, 6) is 0.697. The monoisotopic (exact) mass is 288 g/mol. The molecule has 2 aromatic rings. The van der Waals surface area contributed by atoms with Crippen molar-refractivity contribution in [3.05, 3.63) is 71.4 Å². The fraction of sp³-hybridized carbons (Fsp3) is 0.0625. The van der Waals surface area contributed by atoms with E-state index in [2.05, 4.69) is 0 Å². The van der Waals surface area contributed by atoms with E-state index in [-0.39, 0.29) is 0 Å². The van der Waals surface area contributed by atoms with Crippen LogP contribution in [0.1, 0.15) is 5.56 Å². The molecule has 4 heteroatoms. The van der Waals surface area contributed by atoms with Gasteiger partial charge in [0.2, 0.25) is 0 Å². The highest BCUT2D eigenvalue weighted by molar-refractivity contribution is 6.30. The van der Waals surface area contributed by atoms with Crippen LogP contribution in [0.5, 0.6) is 5.75 Å². The minimum Gasteiger partial charge on any atom is -0.489 e. The average Bonchev–Trinajstić information content (AvgIpc) is 2.50. The Labute approximate surface area is 122 Å². The zero-order valence-corrected chi connectivity index (χ0v) is 11.4. The molecule has 2 aromatic carbocycles. The van der Waals surface area contributed by atoms with Crippen molar-refractivity contribution >= 4 is 23.6 Å². The summed E-state index contributed by atoms with van der Waals surface area (Å²) in [7, 11) is 0. The van der Waals surface area contributed by atoms with Crippen molar-refractivity contribution in [3.8, 4) is 5.75 Å². The lowest BCUT2D eigenvalue weighted by Gasteiger charge is -2.10. The van der Waals surface area contributed by atoms with Gasteiger partial charge < -0.3 is 9.47 Å². The zero-order chi connectivity index (χ0) is 14.2. The van der Waals surface area contributed by atoms with Crippen LogP contribution in [-0.2, 0) is 9.53 Å². The molecule has 102 valence electrons. The molecule has 0 aliphatic carbocycles. The molecule has 0 spiro atoms. The third-order valence-electron chi connectivity index (χ3n) is 2.62. The van der Waals surface area contributed by atoms with E-state index < -0.39 is 0 Å². The molecule has 0 radical (unpaired) electrons. The van der Waals surface area contributed by atoms with Gasteiger partial charge in [-0.2, -0.15) is 0 Å². The van der Waals surface area contributed by atoms with Gasteiger partial charge in [-0.1, -0.05) is 41.9 Å². The van der Waals surface area contributed by atoms with Crippen molar-refractivity contribution < 1.29 is 14.3 Å². The van der Waals surface area contributed by atoms with Gasteiger partial charge in [-0.25, -0.2) is 0 Å². The largest absolute Gasteiger partial charge is 0.489 e. The van der Waals surface area contributed by atoms with Crippen LogP contribution in [0.4, 0.5) is 0 Å². The molecular formula is C16H13ClO3. The summed E-state index contributed by atoms with van der Waals surface area (Å²) < 4.78 is 10.4. The van der Waals surface area contributed by atoms with E-state index in [0.717, 1.165) is 11.1 Å². The van der Waals surface area contributed by atoms with E-state index in [1.54, 1.807) is 24.3 Å². The molecule has 20 heavy (non-hydrogen) atoms. The summed E-state index contributed by atoms with van der Waals surface area (Å²) in [5, 5.41) is 0.653.